The molecule has 1 aromatic heterocycles. The second kappa shape index (κ2) is 12.7. The number of hydrogen-bond donors (Lipinski definition) is 2. The fraction of sp³-hybridized carbons (Fsp3) is 0.481. The molecule has 2 fully saturated rings. The lowest BCUT2D eigenvalue weighted by atomic mass is 9.94. The number of halogens is 2. The number of benzene rings is 1. The van der Waals surface area contributed by atoms with E-state index in [-0.39, 0.29) is 43.4 Å². The molecular formula is C27H32ClFN6O7S2. The van der Waals surface area contributed by atoms with Crippen molar-refractivity contribution in [3.05, 3.63) is 62.5 Å². The normalized spacial score (nSPS) is 23.0. The smallest absolute Gasteiger partial charge is 0.422 e. The third-order valence-electron chi connectivity index (χ3n) is 7.10. The summed E-state index contributed by atoms with van der Waals surface area (Å²) in [4.78, 5) is 36.7. The van der Waals surface area contributed by atoms with Crippen LogP contribution in [0.15, 0.2) is 46.0 Å². The van der Waals surface area contributed by atoms with E-state index in [1.54, 1.807) is 32.3 Å². The molecule has 2 bridgehead atoms. The van der Waals surface area contributed by atoms with Crippen LogP contribution < -0.4 is 10.0 Å². The molecule has 0 spiro atoms. The number of piperazine rings is 1. The van der Waals surface area contributed by atoms with E-state index in [0.717, 1.165) is 6.07 Å². The highest BCUT2D eigenvalue weighted by molar-refractivity contribution is 7.87. The van der Waals surface area contributed by atoms with Gasteiger partial charge in [-0.2, -0.15) is 12.7 Å². The number of esters is 1. The number of carbonyl (C=O) groups is 2. The van der Waals surface area contributed by atoms with Gasteiger partial charge in [-0.15, -0.1) is 11.3 Å². The van der Waals surface area contributed by atoms with E-state index in [1.165, 1.54) is 34.9 Å². The van der Waals surface area contributed by atoms with Gasteiger partial charge in [0.25, 0.3) is 0 Å². The Morgan fingerprint density at radius 3 is 2.55 bits per heavy atom. The van der Waals surface area contributed by atoms with E-state index < -0.39 is 51.8 Å². The molecule has 0 saturated carbocycles. The fourth-order valence-corrected chi connectivity index (χ4v) is 7.24. The zero-order valence-corrected chi connectivity index (χ0v) is 26.8. The third-order valence-corrected chi connectivity index (χ3v) is 9.61. The number of ether oxygens (including phenoxy) is 3. The van der Waals surface area contributed by atoms with Gasteiger partial charge in [0.2, 0.25) is 0 Å². The molecular weight excluding hydrogens is 639 g/mol. The summed E-state index contributed by atoms with van der Waals surface area (Å²) < 4.78 is 59.5. The summed E-state index contributed by atoms with van der Waals surface area (Å²) in [7, 11) is -2.97. The van der Waals surface area contributed by atoms with Gasteiger partial charge in [0, 0.05) is 59.6 Å². The summed E-state index contributed by atoms with van der Waals surface area (Å²) in [6.07, 6.45) is 0.552. The quantitative estimate of drug-likeness (QED) is 0.421. The number of hydrogen-bond acceptors (Lipinski definition) is 12. The number of methoxy groups -OCH3 is 1. The molecule has 2 N–H and O–H groups in total. The standard InChI is InChI=1S/C27H32ClFN6O7S2/c1-27(2,3)42-26(37)33-44(38,39)34-10-16-13-41-14-17(11-34)35(16)12-20-21(25(36)40-4)22(18-6-5-15(29)9-19(18)28)32-23(31-20)24-30-7-8-43-24/h5-9,16-17,22H,10-14H2,1-4H3,(H,31,32)(H,33,37)/t16?,17?,22-/m0/s1. The van der Waals surface area contributed by atoms with E-state index in [0.29, 0.717) is 22.1 Å². The van der Waals surface area contributed by atoms with Crippen molar-refractivity contribution >= 4 is 51.0 Å². The molecule has 5 rings (SSSR count). The SMILES string of the molecule is COC(=O)C1=C(CN2C3COCC2CN(S(=O)(=O)NC(=O)OC(C)(C)C)C3)NC(c2nccs2)=N[C@H]1c1ccc(F)cc1Cl. The summed E-state index contributed by atoms with van der Waals surface area (Å²) in [6.45, 7) is 5.50. The number of thiazole rings is 1. The van der Waals surface area contributed by atoms with E-state index in [1.807, 2.05) is 9.62 Å². The third kappa shape index (κ3) is 7.05. The van der Waals surface area contributed by atoms with Crippen LogP contribution >= 0.6 is 22.9 Å². The Morgan fingerprint density at radius 2 is 1.95 bits per heavy atom. The maximum absolute atomic E-state index is 14.0. The van der Waals surface area contributed by atoms with E-state index in [4.69, 9.17) is 30.8 Å². The zero-order valence-electron chi connectivity index (χ0n) is 24.4. The van der Waals surface area contributed by atoms with Crippen molar-refractivity contribution in [2.24, 2.45) is 4.99 Å². The van der Waals surface area contributed by atoms with Crippen LogP contribution in [0.4, 0.5) is 9.18 Å². The molecule has 13 nitrogen and oxygen atoms in total. The second-order valence-electron chi connectivity index (χ2n) is 11.3. The van der Waals surface area contributed by atoms with Crippen molar-refractivity contribution < 1.29 is 36.6 Å². The largest absolute Gasteiger partial charge is 0.466 e. The number of nitrogens with zero attached hydrogens (tertiary/aromatic N) is 4. The molecule has 0 aliphatic carbocycles. The Hall–Kier alpha value is -3.15. The molecule has 3 aliphatic rings. The minimum atomic E-state index is -4.22. The van der Waals surface area contributed by atoms with Crippen LogP contribution in [0.5, 0.6) is 0 Å². The highest BCUT2D eigenvalue weighted by Crippen LogP contribution is 2.37. The maximum Gasteiger partial charge on any atom is 0.422 e. The Morgan fingerprint density at radius 1 is 1.25 bits per heavy atom. The lowest BCUT2D eigenvalue weighted by Gasteiger charge is -2.49. The van der Waals surface area contributed by atoms with Gasteiger partial charge in [0.1, 0.15) is 17.5 Å². The monoisotopic (exact) mass is 670 g/mol. The van der Waals surface area contributed by atoms with Gasteiger partial charge >= 0.3 is 22.3 Å². The van der Waals surface area contributed by atoms with Crippen LogP contribution in [0.25, 0.3) is 0 Å². The molecule has 2 aromatic rings. The summed E-state index contributed by atoms with van der Waals surface area (Å²) in [5, 5.41) is 5.67. The number of amides is 1. The molecule has 17 heteroatoms. The predicted octanol–water partition coefficient (Wildman–Crippen LogP) is 2.61. The zero-order chi connectivity index (χ0) is 31.8. The molecule has 1 amide bonds. The fourth-order valence-electron chi connectivity index (χ4n) is 5.26. The Bertz CT molecular complexity index is 1580. The molecule has 4 heterocycles. The van der Waals surface area contributed by atoms with Crippen molar-refractivity contribution in [3.8, 4) is 0 Å². The number of aliphatic imine (C=N–C) groups is 1. The van der Waals surface area contributed by atoms with Crippen molar-refractivity contribution in [1.82, 2.24) is 24.2 Å². The van der Waals surface area contributed by atoms with Gasteiger partial charge in [0.05, 0.1) is 25.9 Å². The number of nitrogens with one attached hydrogen (secondary N) is 2. The number of amidine groups is 1. The topological polar surface area (TPSA) is 152 Å². The highest BCUT2D eigenvalue weighted by Gasteiger charge is 2.44. The molecule has 2 saturated heterocycles. The van der Waals surface area contributed by atoms with Gasteiger partial charge in [-0.25, -0.2) is 23.7 Å². The lowest BCUT2D eigenvalue weighted by Crippen LogP contribution is -2.67. The average Bonchev–Trinajstić information content (AvgIpc) is 3.46. The van der Waals surface area contributed by atoms with Crippen LogP contribution in [0.2, 0.25) is 5.02 Å². The Labute approximate surface area is 263 Å². The van der Waals surface area contributed by atoms with Crippen LogP contribution in [0, 0.1) is 5.82 Å². The first kappa shape index (κ1) is 32.2. The van der Waals surface area contributed by atoms with Crippen LogP contribution in [0.3, 0.4) is 0 Å². The molecule has 3 aliphatic heterocycles. The van der Waals surface area contributed by atoms with Gasteiger partial charge in [-0.1, -0.05) is 17.7 Å². The first-order valence-electron chi connectivity index (χ1n) is 13.6. The minimum Gasteiger partial charge on any atom is -0.466 e. The van der Waals surface area contributed by atoms with Crippen molar-refractivity contribution in [2.75, 3.05) is 40.0 Å². The summed E-state index contributed by atoms with van der Waals surface area (Å²) >= 11 is 7.79. The first-order valence-corrected chi connectivity index (χ1v) is 16.3. The van der Waals surface area contributed by atoms with Gasteiger partial charge < -0.3 is 19.5 Å². The van der Waals surface area contributed by atoms with E-state index in [2.05, 4.69) is 10.3 Å². The number of rotatable bonds is 7. The van der Waals surface area contributed by atoms with E-state index in [9.17, 15) is 22.4 Å². The maximum atomic E-state index is 14.0. The lowest BCUT2D eigenvalue weighted by molar-refractivity contribution is -0.136. The first-order chi connectivity index (χ1) is 20.8. The predicted molar refractivity (Wildman–Crippen MR) is 160 cm³/mol. The van der Waals surface area contributed by atoms with Crippen molar-refractivity contribution in [2.45, 2.75) is 44.5 Å². The van der Waals surface area contributed by atoms with Crippen LogP contribution in [0.1, 0.15) is 37.4 Å². The van der Waals surface area contributed by atoms with E-state index >= 15 is 0 Å². The summed E-state index contributed by atoms with van der Waals surface area (Å²) in [5.41, 5.74) is 0.135. The molecule has 44 heavy (non-hydrogen) atoms. The number of aromatic nitrogens is 1. The number of morpholine rings is 1. The average molecular weight is 671 g/mol. The van der Waals surface area contributed by atoms with Gasteiger partial charge in [0.15, 0.2) is 10.8 Å². The van der Waals surface area contributed by atoms with Gasteiger partial charge in [-0.3, -0.25) is 9.89 Å². The number of fused-ring (bicyclic) bond motifs is 2. The Balaban J connectivity index is 1.47. The molecule has 2 unspecified atom stereocenters. The summed E-state index contributed by atoms with van der Waals surface area (Å²) in [6, 6.07) is 2.06. The van der Waals surface area contributed by atoms with Crippen molar-refractivity contribution in [1.29, 1.82) is 0 Å². The van der Waals surface area contributed by atoms with Crippen LogP contribution in [-0.2, 0) is 29.2 Å². The molecule has 0 radical (unpaired) electrons. The van der Waals surface area contributed by atoms with Gasteiger partial charge in [-0.05, 0) is 32.9 Å². The Kier molecular flexibility index (Phi) is 9.30. The number of carbonyl (C=O) groups excluding carboxylic acids is 2. The second-order valence-corrected chi connectivity index (χ2v) is 14.3. The molecule has 1 aromatic carbocycles. The van der Waals surface area contributed by atoms with Crippen LogP contribution in [-0.4, -0.2) is 98.1 Å². The van der Waals surface area contributed by atoms with Crippen molar-refractivity contribution in [3.63, 3.8) is 0 Å². The highest BCUT2D eigenvalue weighted by atomic mass is 35.5. The molecule has 238 valence electrons. The molecule has 3 atom stereocenters. The minimum absolute atomic E-state index is 0.0100. The summed E-state index contributed by atoms with van der Waals surface area (Å²) in [5.74, 6) is -0.816.